The van der Waals surface area contributed by atoms with Crippen molar-refractivity contribution in [3.63, 3.8) is 0 Å². The quantitative estimate of drug-likeness (QED) is 0.488. The number of nitrogens with two attached hydrogens (primary N) is 1. The first-order chi connectivity index (χ1) is 6.20. The molecule has 0 aromatic carbocycles. The van der Waals surface area contributed by atoms with E-state index in [0.717, 1.165) is 12.3 Å². The third kappa shape index (κ3) is 1.50. The van der Waals surface area contributed by atoms with Gasteiger partial charge in [0.2, 0.25) is 5.84 Å². The van der Waals surface area contributed by atoms with Crippen molar-refractivity contribution in [2.45, 2.75) is 20.3 Å². The van der Waals surface area contributed by atoms with Gasteiger partial charge >= 0.3 is 0 Å². The van der Waals surface area contributed by atoms with Gasteiger partial charge in [-0.05, 0) is 16.9 Å². The van der Waals surface area contributed by atoms with Gasteiger partial charge in [-0.2, -0.15) is 0 Å². The minimum Gasteiger partial charge on any atom is -0.255 e. The van der Waals surface area contributed by atoms with Crippen LogP contribution in [0.3, 0.4) is 0 Å². The molecule has 1 heterocycles. The Bertz CT molecular complexity index is 299. The zero-order chi connectivity index (χ0) is 9.31. The van der Waals surface area contributed by atoms with Crippen LogP contribution >= 0.6 is 0 Å². The molecule has 0 aromatic heterocycles. The zero-order valence-corrected chi connectivity index (χ0v) is 7.96. The molecule has 70 valence electrons. The molecule has 2 aliphatic rings. The van der Waals surface area contributed by atoms with Gasteiger partial charge in [-0.15, -0.1) is 5.53 Å². The van der Waals surface area contributed by atoms with E-state index in [1.54, 1.807) is 5.53 Å². The maximum Gasteiger partial charge on any atom is 0.206 e. The highest BCUT2D eigenvalue weighted by molar-refractivity contribution is 5.99. The van der Waals surface area contributed by atoms with Crippen molar-refractivity contribution < 1.29 is 5.53 Å². The first-order valence-electron chi connectivity index (χ1n) is 4.49. The Balaban J connectivity index is 2.29. The van der Waals surface area contributed by atoms with Gasteiger partial charge in [0.25, 0.3) is 0 Å². The lowest BCUT2D eigenvalue weighted by molar-refractivity contribution is -0.713. The molecule has 2 rings (SSSR count). The molecule has 0 atom stereocenters. The van der Waals surface area contributed by atoms with Crippen LogP contribution in [0.4, 0.5) is 0 Å². The van der Waals surface area contributed by atoms with E-state index >= 15 is 0 Å². The van der Waals surface area contributed by atoms with Crippen LogP contribution in [0.5, 0.6) is 0 Å². The highest BCUT2D eigenvalue weighted by Gasteiger charge is 2.29. The Morgan fingerprint density at radius 2 is 2.38 bits per heavy atom. The summed E-state index contributed by atoms with van der Waals surface area (Å²) in [4.78, 5) is 0. The van der Waals surface area contributed by atoms with E-state index < -0.39 is 0 Å². The van der Waals surface area contributed by atoms with Crippen molar-refractivity contribution in [3.05, 3.63) is 23.8 Å². The fourth-order valence-corrected chi connectivity index (χ4v) is 1.63. The highest BCUT2D eigenvalue weighted by atomic mass is 15.8. The predicted molar refractivity (Wildman–Crippen MR) is 51.3 cm³/mol. The number of hydrogen-bond acceptors (Lipinski definition) is 3. The summed E-state index contributed by atoms with van der Waals surface area (Å²) >= 11 is 0. The Morgan fingerprint density at radius 1 is 1.54 bits per heavy atom. The van der Waals surface area contributed by atoms with Gasteiger partial charge in [0.05, 0.1) is 0 Å². The molecule has 4 nitrogen and oxygen atoms in total. The second-order valence-corrected chi connectivity index (χ2v) is 3.97. The maximum atomic E-state index is 4.22. The topological polar surface area (TPSA) is 53.0 Å². The molecule has 0 bridgehead atoms. The minimum atomic E-state index is 0.181. The van der Waals surface area contributed by atoms with Crippen LogP contribution in [0, 0.1) is 5.41 Å². The number of amidine groups is 1. The molecule has 0 aromatic rings. The number of hydrogen-bond donors (Lipinski definition) is 3. The normalized spacial score (nSPS) is 25.1. The zero-order valence-electron chi connectivity index (χ0n) is 7.96. The molecule has 0 unspecified atom stereocenters. The third-order valence-corrected chi connectivity index (χ3v) is 2.46. The molecule has 4 heteroatoms. The summed E-state index contributed by atoms with van der Waals surface area (Å²) in [6, 6.07) is 0. The maximum absolute atomic E-state index is 4.22. The Morgan fingerprint density at radius 3 is 3.00 bits per heavy atom. The van der Waals surface area contributed by atoms with Crippen molar-refractivity contribution >= 4 is 5.84 Å². The average Bonchev–Trinajstić information content (AvgIpc) is 2.55. The van der Waals surface area contributed by atoms with Crippen LogP contribution in [0.1, 0.15) is 20.3 Å². The average molecular weight is 179 g/mol. The molecular weight excluding hydrogens is 164 g/mol. The van der Waals surface area contributed by atoms with Gasteiger partial charge < -0.3 is 0 Å². The van der Waals surface area contributed by atoms with Crippen LogP contribution in [0.2, 0.25) is 0 Å². The molecule has 0 saturated carbocycles. The Kier molecular flexibility index (Phi) is 1.94. The van der Waals surface area contributed by atoms with Crippen LogP contribution in [0.25, 0.3) is 0 Å². The van der Waals surface area contributed by atoms with Crippen molar-refractivity contribution in [2.24, 2.45) is 10.5 Å². The summed E-state index contributed by atoms with van der Waals surface area (Å²) < 4.78 is 0. The summed E-state index contributed by atoms with van der Waals surface area (Å²) in [5.41, 5.74) is 9.00. The van der Waals surface area contributed by atoms with E-state index in [1.807, 2.05) is 0 Å². The molecular formula is C9H15N4+. The summed E-state index contributed by atoms with van der Waals surface area (Å²) in [5.74, 6) is 0.939. The molecule has 4 N–H and O–H groups in total. The van der Waals surface area contributed by atoms with Gasteiger partial charge in [0, 0.05) is 5.57 Å². The highest BCUT2D eigenvalue weighted by Crippen LogP contribution is 2.33. The van der Waals surface area contributed by atoms with Crippen molar-refractivity contribution in [2.75, 3.05) is 0 Å². The SMILES string of the molecule is CC1(C)CC=CC=C1C1=N[NH2+]NN1. The van der Waals surface area contributed by atoms with Gasteiger partial charge in [0.15, 0.2) is 0 Å². The molecule has 0 amide bonds. The summed E-state index contributed by atoms with van der Waals surface area (Å²) in [6.45, 7) is 4.45. The molecule has 1 aliphatic carbocycles. The summed E-state index contributed by atoms with van der Waals surface area (Å²) in [7, 11) is 0. The smallest absolute Gasteiger partial charge is 0.206 e. The van der Waals surface area contributed by atoms with Crippen LogP contribution in [0.15, 0.2) is 28.9 Å². The fraction of sp³-hybridized carbons (Fsp3) is 0.444. The summed E-state index contributed by atoms with van der Waals surface area (Å²) in [6.07, 6.45) is 7.47. The molecule has 0 radical (unpaired) electrons. The second kappa shape index (κ2) is 2.97. The molecule has 0 fully saturated rings. The van der Waals surface area contributed by atoms with Crippen molar-refractivity contribution in [3.8, 4) is 0 Å². The van der Waals surface area contributed by atoms with E-state index in [0.29, 0.717) is 0 Å². The van der Waals surface area contributed by atoms with E-state index in [9.17, 15) is 0 Å². The molecule has 1 aliphatic heterocycles. The second-order valence-electron chi connectivity index (χ2n) is 3.97. The first kappa shape index (κ1) is 8.47. The van der Waals surface area contributed by atoms with E-state index in [4.69, 9.17) is 0 Å². The van der Waals surface area contributed by atoms with Gasteiger partial charge in [0.1, 0.15) is 0 Å². The van der Waals surface area contributed by atoms with Crippen LogP contribution in [-0.2, 0) is 0 Å². The van der Waals surface area contributed by atoms with E-state index in [-0.39, 0.29) is 5.41 Å². The molecule has 0 saturated heterocycles. The number of hydrazine groups is 1. The number of nitrogens with zero attached hydrogens (tertiary/aromatic N) is 1. The van der Waals surface area contributed by atoms with Gasteiger partial charge in [-0.1, -0.05) is 37.6 Å². The predicted octanol–water partition coefficient (Wildman–Crippen LogP) is -0.201. The number of rotatable bonds is 1. The van der Waals surface area contributed by atoms with Gasteiger partial charge in [-0.25, -0.2) is 0 Å². The van der Waals surface area contributed by atoms with Crippen molar-refractivity contribution in [1.82, 2.24) is 11.0 Å². The lowest BCUT2D eigenvalue weighted by Crippen LogP contribution is -2.87. The number of quaternary nitrogens is 1. The van der Waals surface area contributed by atoms with Crippen LogP contribution in [-0.4, -0.2) is 5.84 Å². The molecule has 0 spiro atoms. The number of nitrogens with one attached hydrogen (secondary N) is 2. The third-order valence-electron chi connectivity index (χ3n) is 2.46. The fourth-order valence-electron chi connectivity index (χ4n) is 1.63. The van der Waals surface area contributed by atoms with Crippen molar-refractivity contribution in [1.29, 1.82) is 0 Å². The first-order valence-corrected chi connectivity index (χ1v) is 4.49. The van der Waals surface area contributed by atoms with E-state index in [1.165, 1.54) is 5.57 Å². The standard InChI is InChI=1S/C9H14N4/c1-9(2)6-4-3-5-7(9)8-10-12-13-11-8/h3-5,12-13H,6H2,1-2H3,(H,10,11)/p+1. The molecule has 13 heavy (non-hydrogen) atoms. The minimum absolute atomic E-state index is 0.181. The monoisotopic (exact) mass is 179 g/mol. The summed E-state index contributed by atoms with van der Waals surface area (Å²) in [5, 5.41) is 4.22. The van der Waals surface area contributed by atoms with Crippen LogP contribution < -0.4 is 16.5 Å². The van der Waals surface area contributed by atoms with Gasteiger partial charge in [-0.3, -0.25) is 5.43 Å². The lowest BCUT2D eigenvalue weighted by atomic mass is 9.78. The largest absolute Gasteiger partial charge is 0.255 e. The van der Waals surface area contributed by atoms with E-state index in [2.05, 4.69) is 48.1 Å². The lowest BCUT2D eigenvalue weighted by Gasteiger charge is -2.27. The Hall–Kier alpha value is -1.13. The Labute approximate surface area is 77.7 Å². The number of allylic oxidation sites excluding steroid dienone is 3.